The molecule has 2 atom stereocenters. The SMILES string of the molecule is CNC(=O)c1cc(F)c(-c2nc3cc(C)ccn3c2CC2CCCC(N(C)C(C)=O)C2)c(F)c1. The fourth-order valence-electron chi connectivity index (χ4n) is 5.00. The summed E-state index contributed by atoms with van der Waals surface area (Å²) in [5, 5.41) is 2.39. The predicted octanol–water partition coefficient (Wildman–Crippen LogP) is 4.53. The molecule has 0 spiro atoms. The van der Waals surface area contributed by atoms with E-state index in [-0.39, 0.29) is 34.7 Å². The van der Waals surface area contributed by atoms with E-state index >= 15 is 8.78 Å². The van der Waals surface area contributed by atoms with Crippen LogP contribution < -0.4 is 5.32 Å². The molecule has 0 saturated heterocycles. The third kappa shape index (κ3) is 4.54. The Kier molecular flexibility index (Phi) is 6.68. The Morgan fingerprint density at radius 3 is 2.56 bits per heavy atom. The monoisotopic (exact) mass is 468 g/mol. The molecule has 1 aromatic carbocycles. The predicted molar refractivity (Wildman–Crippen MR) is 127 cm³/mol. The maximum absolute atomic E-state index is 15.2. The van der Waals surface area contributed by atoms with Crippen molar-refractivity contribution in [2.24, 2.45) is 5.92 Å². The summed E-state index contributed by atoms with van der Waals surface area (Å²) in [6, 6.07) is 6.08. The fraction of sp³-hybridized carbons (Fsp3) is 0.423. The number of halogens is 2. The van der Waals surface area contributed by atoms with Crippen LogP contribution in [0.1, 0.15) is 54.2 Å². The van der Waals surface area contributed by atoms with Gasteiger partial charge in [-0.2, -0.15) is 0 Å². The van der Waals surface area contributed by atoms with Crippen LogP contribution in [0.25, 0.3) is 16.9 Å². The van der Waals surface area contributed by atoms with Gasteiger partial charge in [-0.05, 0) is 68.4 Å². The molecular weight excluding hydrogens is 438 g/mol. The number of pyridine rings is 1. The molecule has 2 amide bonds. The number of nitrogens with one attached hydrogen (secondary N) is 1. The second-order valence-electron chi connectivity index (χ2n) is 9.25. The van der Waals surface area contributed by atoms with Crippen LogP contribution in [0.2, 0.25) is 0 Å². The van der Waals surface area contributed by atoms with E-state index in [1.165, 1.54) is 7.05 Å². The number of hydrogen-bond donors (Lipinski definition) is 1. The van der Waals surface area contributed by atoms with E-state index in [2.05, 4.69) is 10.3 Å². The lowest BCUT2D eigenvalue weighted by Crippen LogP contribution is -2.39. The summed E-state index contributed by atoms with van der Waals surface area (Å²) in [6.45, 7) is 3.51. The van der Waals surface area contributed by atoms with Crippen LogP contribution in [0.15, 0.2) is 30.5 Å². The van der Waals surface area contributed by atoms with E-state index in [0.717, 1.165) is 49.1 Å². The summed E-state index contributed by atoms with van der Waals surface area (Å²) in [4.78, 5) is 30.2. The van der Waals surface area contributed by atoms with Gasteiger partial charge in [-0.15, -0.1) is 0 Å². The van der Waals surface area contributed by atoms with Crippen molar-refractivity contribution in [3.05, 3.63) is 58.9 Å². The number of carbonyl (C=O) groups is 2. The molecule has 0 aliphatic heterocycles. The number of amides is 2. The summed E-state index contributed by atoms with van der Waals surface area (Å²) in [6.07, 6.45) is 6.21. The molecule has 2 heterocycles. The van der Waals surface area contributed by atoms with Gasteiger partial charge in [0.05, 0.1) is 17.0 Å². The summed E-state index contributed by atoms with van der Waals surface area (Å²) in [5.41, 5.74) is 2.30. The Bertz CT molecular complexity index is 1230. The van der Waals surface area contributed by atoms with Crippen molar-refractivity contribution >= 4 is 17.5 Å². The van der Waals surface area contributed by atoms with Crippen LogP contribution in [0.3, 0.4) is 0 Å². The van der Waals surface area contributed by atoms with Gasteiger partial charge in [-0.3, -0.25) is 9.59 Å². The zero-order valence-electron chi connectivity index (χ0n) is 20.0. The molecular formula is C26H30F2N4O2. The third-order valence-corrected chi connectivity index (χ3v) is 6.93. The summed E-state index contributed by atoms with van der Waals surface area (Å²) < 4.78 is 32.3. The Morgan fingerprint density at radius 2 is 1.91 bits per heavy atom. The Hall–Kier alpha value is -3.29. The lowest BCUT2D eigenvalue weighted by Gasteiger charge is -2.35. The van der Waals surface area contributed by atoms with Gasteiger partial charge in [0.15, 0.2) is 0 Å². The lowest BCUT2D eigenvalue weighted by atomic mass is 9.82. The second-order valence-corrected chi connectivity index (χ2v) is 9.25. The maximum Gasteiger partial charge on any atom is 0.251 e. The molecule has 2 unspecified atom stereocenters. The maximum atomic E-state index is 15.2. The lowest BCUT2D eigenvalue weighted by molar-refractivity contribution is -0.130. The number of aromatic nitrogens is 2. The van der Waals surface area contributed by atoms with E-state index in [1.807, 2.05) is 36.7 Å². The van der Waals surface area contributed by atoms with E-state index < -0.39 is 17.5 Å². The minimum absolute atomic E-state index is 0.0389. The fourth-order valence-corrected chi connectivity index (χ4v) is 5.00. The number of rotatable bonds is 5. The van der Waals surface area contributed by atoms with Crippen LogP contribution in [0, 0.1) is 24.5 Å². The van der Waals surface area contributed by atoms with Crippen molar-refractivity contribution in [3.8, 4) is 11.3 Å². The zero-order valence-corrected chi connectivity index (χ0v) is 20.0. The molecule has 180 valence electrons. The molecule has 34 heavy (non-hydrogen) atoms. The first-order chi connectivity index (χ1) is 16.2. The van der Waals surface area contributed by atoms with E-state index in [4.69, 9.17) is 0 Å². The Balaban J connectivity index is 1.78. The van der Waals surface area contributed by atoms with Gasteiger partial charge in [0, 0.05) is 38.8 Å². The van der Waals surface area contributed by atoms with Gasteiger partial charge in [0.1, 0.15) is 17.3 Å². The molecule has 1 saturated carbocycles. The molecule has 0 bridgehead atoms. The smallest absolute Gasteiger partial charge is 0.251 e. The van der Waals surface area contributed by atoms with Crippen LogP contribution in [-0.2, 0) is 11.2 Å². The number of nitrogens with zero attached hydrogens (tertiary/aromatic N) is 3. The number of benzene rings is 1. The Labute approximate surface area is 198 Å². The average molecular weight is 469 g/mol. The molecule has 1 N–H and O–H groups in total. The number of carbonyl (C=O) groups excluding carboxylic acids is 2. The van der Waals surface area contributed by atoms with Crippen LogP contribution >= 0.6 is 0 Å². The van der Waals surface area contributed by atoms with Crippen molar-refractivity contribution in [2.75, 3.05) is 14.1 Å². The number of hydrogen-bond acceptors (Lipinski definition) is 3. The van der Waals surface area contributed by atoms with E-state index in [0.29, 0.717) is 12.1 Å². The first-order valence-corrected chi connectivity index (χ1v) is 11.6. The summed E-state index contributed by atoms with van der Waals surface area (Å²) >= 11 is 0. The topological polar surface area (TPSA) is 66.7 Å². The van der Waals surface area contributed by atoms with Crippen LogP contribution in [0.5, 0.6) is 0 Å². The van der Waals surface area contributed by atoms with E-state index in [1.54, 1.807) is 11.8 Å². The van der Waals surface area contributed by atoms with Gasteiger partial charge in [-0.25, -0.2) is 13.8 Å². The minimum Gasteiger partial charge on any atom is -0.355 e. The normalized spacial score (nSPS) is 18.2. The van der Waals surface area contributed by atoms with Gasteiger partial charge in [0.2, 0.25) is 5.91 Å². The van der Waals surface area contributed by atoms with Crippen molar-refractivity contribution in [1.29, 1.82) is 0 Å². The highest BCUT2D eigenvalue weighted by molar-refractivity contribution is 5.94. The number of imidazole rings is 1. The molecule has 1 aliphatic carbocycles. The first kappa shape index (κ1) is 23.9. The average Bonchev–Trinajstić information content (AvgIpc) is 3.14. The summed E-state index contributed by atoms with van der Waals surface area (Å²) in [7, 11) is 3.24. The largest absolute Gasteiger partial charge is 0.355 e. The molecule has 0 radical (unpaired) electrons. The highest BCUT2D eigenvalue weighted by atomic mass is 19.1. The second kappa shape index (κ2) is 9.52. The quantitative estimate of drug-likeness (QED) is 0.599. The van der Waals surface area contributed by atoms with Gasteiger partial charge >= 0.3 is 0 Å². The van der Waals surface area contributed by atoms with Crippen LogP contribution in [-0.4, -0.2) is 46.2 Å². The number of aryl methyl sites for hydroxylation is 1. The number of fused-ring (bicyclic) bond motifs is 1. The van der Waals surface area contributed by atoms with Crippen LogP contribution in [0.4, 0.5) is 8.78 Å². The molecule has 8 heteroatoms. The minimum atomic E-state index is -0.821. The zero-order chi connectivity index (χ0) is 24.6. The first-order valence-electron chi connectivity index (χ1n) is 11.6. The van der Waals surface area contributed by atoms with Gasteiger partial charge < -0.3 is 14.6 Å². The molecule has 1 fully saturated rings. The molecule has 3 aromatic rings. The highest BCUT2D eigenvalue weighted by Gasteiger charge is 2.29. The highest BCUT2D eigenvalue weighted by Crippen LogP contribution is 2.35. The third-order valence-electron chi connectivity index (χ3n) is 6.93. The molecule has 4 rings (SSSR count). The van der Waals surface area contributed by atoms with Crippen molar-refractivity contribution in [1.82, 2.24) is 19.6 Å². The molecule has 6 nitrogen and oxygen atoms in total. The standard InChI is InChI=1S/C26H30F2N4O2/c1-15-8-9-32-22(12-17-6-5-7-19(11-17)31(4)16(2)33)25(30-23(32)10-15)24-20(27)13-18(14-21(24)28)26(34)29-3/h8-10,13-14,17,19H,5-7,11-12H2,1-4H3,(H,29,34). The Morgan fingerprint density at radius 1 is 1.21 bits per heavy atom. The van der Waals surface area contributed by atoms with Crippen molar-refractivity contribution in [3.63, 3.8) is 0 Å². The summed E-state index contributed by atoms with van der Waals surface area (Å²) in [5.74, 6) is -1.91. The van der Waals surface area contributed by atoms with Gasteiger partial charge in [0.25, 0.3) is 5.91 Å². The molecule has 1 aliphatic rings. The van der Waals surface area contributed by atoms with Gasteiger partial charge in [-0.1, -0.05) is 6.42 Å². The van der Waals surface area contributed by atoms with Crippen molar-refractivity contribution in [2.45, 2.75) is 52.0 Å². The van der Waals surface area contributed by atoms with Crippen molar-refractivity contribution < 1.29 is 18.4 Å². The molecule has 2 aromatic heterocycles. The van der Waals surface area contributed by atoms with E-state index in [9.17, 15) is 9.59 Å².